The summed E-state index contributed by atoms with van der Waals surface area (Å²) in [5.74, 6) is -0.459. The van der Waals surface area contributed by atoms with Gasteiger partial charge in [0, 0.05) is 0 Å². The maximum Gasteiger partial charge on any atom is 0.253 e. The van der Waals surface area contributed by atoms with E-state index in [0.29, 0.717) is 12.2 Å². The Balaban J connectivity index is 1.98. The average molecular weight is 364 g/mol. The van der Waals surface area contributed by atoms with Crippen LogP contribution in [0.3, 0.4) is 0 Å². The predicted molar refractivity (Wildman–Crippen MR) is 91.7 cm³/mol. The molecule has 0 spiro atoms. The van der Waals surface area contributed by atoms with Crippen LogP contribution in [0.5, 0.6) is 0 Å². The van der Waals surface area contributed by atoms with Crippen LogP contribution in [-0.4, -0.2) is 32.5 Å². The van der Waals surface area contributed by atoms with Gasteiger partial charge < -0.3 is 15.1 Å². The zero-order valence-electron chi connectivity index (χ0n) is 13.8. The summed E-state index contributed by atoms with van der Waals surface area (Å²) in [6, 6.07) is 9.40. The van der Waals surface area contributed by atoms with Crippen molar-refractivity contribution in [2.75, 3.05) is 12.3 Å². The van der Waals surface area contributed by atoms with Crippen molar-refractivity contribution in [2.24, 2.45) is 0 Å². The Kier molecular flexibility index (Phi) is 6.35. The van der Waals surface area contributed by atoms with E-state index in [2.05, 4.69) is 10.6 Å². The maximum atomic E-state index is 12.3. The molecule has 0 fully saturated rings. The summed E-state index contributed by atoms with van der Waals surface area (Å²) in [5.41, 5.74) is 0.0368. The summed E-state index contributed by atoms with van der Waals surface area (Å²) < 4.78 is 29.6. The number of hydrogen-bond acceptors (Lipinski definition) is 5. The molecule has 0 unspecified atom stereocenters. The second kappa shape index (κ2) is 8.48. The minimum Gasteiger partial charge on any atom is -0.467 e. The molecule has 25 heavy (non-hydrogen) atoms. The largest absolute Gasteiger partial charge is 0.467 e. The van der Waals surface area contributed by atoms with Crippen LogP contribution in [0.2, 0.25) is 0 Å². The molecule has 2 rings (SSSR count). The molecule has 0 aliphatic carbocycles. The van der Waals surface area contributed by atoms with E-state index in [-0.39, 0.29) is 29.3 Å². The SMILES string of the molecule is CCCS(=O)(=O)c1ccccc1C(=O)NCC(=O)NCc1ccco1. The van der Waals surface area contributed by atoms with Gasteiger partial charge in [0.15, 0.2) is 9.84 Å². The van der Waals surface area contributed by atoms with Gasteiger partial charge in [-0.1, -0.05) is 19.1 Å². The summed E-state index contributed by atoms with van der Waals surface area (Å²) >= 11 is 0. The summed E-state index contributed by atoms with van der Waals surface area (Å²) in [4.78, 5) is 24.0. The highest BCUT2D eigenvalue weighted by molar-refractivity contribution is 7.91. The molecule has 134 valence electrons. The number of carbonyl (C=O) groups excluding carboxylic acids is 2. The maximum absolute atomic E-state index is 12.3. The minimum absolute atomic E-state index is 0.0228. The van der Waals surface area contributed by atoms with E-state index in [1.807, 2.05) is 0 Å². The minimum atomic E-state index is -3.54. The molecule has 0 aliphatic heterocycles. The van der Waals surface area contributed by atoms with E-state index in [1.165, 1.54) is 18.4 Å². The molecule has 2 N–H and O–H groups in total. The lowest BCUT2D eigenvalue weighted by Crippen LogP contribution is -2.37. The normalized spacial score (nSPS) is 11.1. The van der Waals surface area contributed by atoms with E-state index < -0.39 is 21.7 Å². The van der Waals surface area contributed by atoms with Gasteiger partial charge in [-0.15, -0.1) is 0 Å². The number of nitrogens with one attached hydrogen (secondary N) is 2. The highest BCUT2D eigenvalue weighted by atomic mass is 32.2. The first-order chi connectivity index (χ1) is 11.9. The smallest absolute Gasteiger partial charge is 0.253 e. The van der Waals surface area contributed by atoms with Gasteiger partial charge in [-0.05, 0) is 30.7 Å². The molecule has 0 saturated heterocycles. The Hall–Kier alpha value is -2.61. The Morgan fingerprint density at radius 2 is 1.84 bits per heavy atom. The summed E-state index contributed by atoms with van der Waals surface area (Å²) in [7, 11) is -3.54. The summed E-state index contributed by atoms with van der Waals surface area (Å²) in [6.45, 7) is 1.70. The molecule has 0 atom stereocenters. The highest BCUT2D eigenvalue weighted by Gasteiger charge is 2.21. The molecule has 0 aliphatic rings. The molecule has 2 amide bonds. The third-order valence-corrected chi connectivity index (χ3v) is 5.36. The molecule has 1 aromatic heterocycles. The fourth-order valence-electron chi connectivity index (χ4n) is 2.22. The van der Waals surface area contributed by atoms with Gasteiger partial charge in [0.05, 0.1) is 35.6 Å². The van der Waals surface area contributed by atoms with Crippen molar-refractivity contribution in [3.63, 3.8) is 0 Å². The predicted octanol–water partition coefficient (Wildman–Crippen LogP) is 1.51. The van der Waals surface area contributed by atoms with Crippen LogP contribution in [0.15, 0.2) is 52.0 Å². The lowest BCUT2D eigenvalue weighted by atomic mass is 10.2. The second-order valence-electron chi connectivity index (χ2n) is 5.35. The first kappa shape index (κ1) is 18.7. The van der Waals surface area contributed by atoms with Crippen LogP contribution >= 0.6 is 0 Å². The molecule has 0 radical (unpaired) electrons. The molecule has 0 saturated carbocycles. The molecular weight excluding hydrogens is 344 g/mol. The Bertz CT molecular complexity index is 828. The number of amides is 2. The van der Waals surface area contributed by atoms with Crippen molar-refractivity contribution in [3.8, 4) is 0 Å². The van der Waals surface area contributed by atoms with Gasteiger partial charge in [0.25, 0.3) is 5.91 Å². The van der Waals surface area contributed by atoms with Crippen molar-refractivity contribution in [2.45, 2.75) is 24.8 Å². The van der Waals surface area contributed by atoms with Crippen LogP contribution in [0.1, 0.15) is 29.5 Å². The van der Waals surface area contributed by atoms with Gasteiger partial charge in [0.1, 0.15) is 5.76 Å². The molecule has 1 heterocycles. The highest BCUT2D eigenvalue weighted by Crippen LogP contribution is 2.17. The fraction of sp³-hybridized carbons (Fsp3) is 0.294. The number of furan rings is 1. The number of sulfone groups is 1. The van der Waals surface area contributed by atoms with Crippen molar-refractivity contribution >= 4 is 21.7 Å². The molecule has 2 aromatic rings. The number of rotatable bonds is 8. The molecule has 8 heteroatoms. The lowest BCUT2D eigenvalue weighted by Gasteiger charge is -2.10. The van der Waals surface area contributed by atoms with Crippen LogP contribution in [0.4, 0.5) is 0 Å². The van der Waals surface area contributed by atoms with E-state index in [1.54, 1.807) is 31.2 Å². The Morgan fingerprint density at radius 1 is 1.08 bits per heavy atom. The number of benzene rings is 1. The molecule has 1 aromatic carbocycles. The molecule has 0 bridgehead atoms. The van der Waals surface area contributed by atoms with Crippen LogP contribution < -0.4 is 10.6 Å². The molecular formula is C17H20N2O5S. The summed E-state index contributed by atoms with van der Waals surface area (Å²) in [5, 5.41) is 5.03. The van der Waals surface area contributed by atoms with E-state index >= 15 is 0 Å². The third kappa shape index (κ3) is 5.18. The first-order valence-corrected chi connectivity index (χ1v) is 9.48. The topological polar surface area (TPSA) is 105 Å². The number of carbonyl (C=O) groups is 2. The third-order valence-electron chi connectivity index (χ3n) is 3.39. The van der Waals surface area contributed by atoms with Gasteiger partial charge in [0.2, 0.25) is 5.91 Å². The van der Waals surface area contributed by atoms with E-state index in [0.717, 1.165) is 0 Å². The van der Waals surface area contributed by atoms with Crippen molar-refractivity contribution in [1.82, 2.24) is 10.6 Å². The first-order valence-electron chi connectivity index (χ1n) is 7.83. The van der Waals surface area contributed by atoms with Gasteiger partial charge in [-0.25, -0.2) is 8.42 Å². The lowest BCUT2D eigenvalue weighted by molar-refractivity contribution is -0.120. The fourth-order valence-corrected chi connectivity index (χ4v) is 3.76. The van der Waals surface area contributed by atoms with Gasteiger partial charge >= 0.3 is 0 Å². The van der Waals surface area contributed by atoms with Crippen molar-refractivity contribution < 1.29 is 22.4 Å². The van der Waals surface area contributed by atoms with Crippen LogP contribution in [0, 0.1) is 0 Å². The Morgan fingerprint density at radius 3 is 2.52 bits per heavy atom. The van der Waals surface area contributed by atoms with E-state index in [9.17, 15) is 18.0 Å². The average Bonchev–Trinajstić information content (AvgIpc) is 3.11. The molecule has 7 nitrogen and oxygen atoms in total. The Labute approximate surface area is 146 Å². The zero-order valence-corrected chi connectivity index (χ0v) is 14.6. The van der Waals surface area contributed by atoms with Crippen molar-refractivity contribution in [1.29, 1.82) is 0 Å². The quantitative estimate of drug-likeness (QED) is 0.739. The summed E-state index contributed by atoms with van der Waals surface area (Å²) in [6.07, 6.45) is 1.95. The monoisotopic (exact) mass is 364 g/mol. The second-order valence-corrected chi connectivity index (χ2v) is 7.43. The zero-order chi connectivity index (χ0) is 18.3. The van der Waals surface area contributed by atoms with E-state index in [4.69, 9.17) is 4.42 Å². The van der Waals surface area contributed by atoms with Crippen LogP contribution in [-0.2, 0) is 21.2 Å². The number of hydrogen-bond donors (Lipinski definition) is 2. The van der Waals surface area contributed by atoms with Gasteiger partial charge in [-0.3, -0.25) is 9.59 Å². The van der Waals surface area contributed by atoms with Gasteiger partial charge in [-0.2, -0.15) is 0 Å². The van der Waals surface area contributed by atoms with Crippen molar-refractivity contribution in [3.05, 3.63) is 54.0 Å². The van der Waals surface area contributed by atoms with Crippen LogP contribution in [0.25, 0.3) is 0 Å². The standard InChI is InChI=1S/C17H20N2O5S/c1-2-10-25(22,23)15-8-4-3-7-14(15)17(21)19-12-16(20)18-11-13-6-5-9-24-13/h3-9H,2,10-12H2,1H3,(H,18,20)(H,19,21).